The largest absolute Gasteiger partial charge is 0.469 e. The van der Waals surface area contributed by atoms with Gasteiger partial charge >= 0.3 is 11.9 Å². The lowest BCUT2D eigenvalue weighted by Crippen LogP contribution is -2.40. The van der Waals surface area contributed by atoms with Gasteiger partial charge in [-0.2, -0.15) is 4.39 Å². The number of esters is 2. The van der Waals surface area contributed by atoms with Gasteiger partial charge < -0.3 is 9.47 Å². The molecule has 0 atom stereocenters. The molecule has 0 fully saturated rings. The average molecular weight is 508 g/mol. The Morgan fingerprint density at radius 3 is 2.41 bits per heavy atom. The van der Waals surface area contributed by atoms with E-state index in [1.807, 2.05) is 6.92 Å². The number of thiophene rings is 1. The molecule has 2 rings (SSSR count). The monoisotopic (exact) mass is 507 g/mol. The highest BCUT2D eigenvalue weighted by atomic mass is 35.5. The minimum atomic E-state index is -0.927. The van der Waals surface area contributed by atoms with E-state index < -0.39 is 40.5 Å². The van der Waals surface area contributed by atoms with Crippen LogP contribution in [0.1, 0.15) is 50.3 Å². The van der Waals surface area contributed by atoms with Crippen molar-refractivity contribution in [1.82, 2.24) is 0 Å². The van der Waals surface area contributed by atoms with Crippen molar-refractivity contribution in [2.24, 2.45) is 0 Å². The molecule has 0 spiro atoms. The highest BCUT2D eigenvalue weighted by Gasteiger charge is 2.36. The van der Waals surface area contributed by atoms with Gasteiger partial charge in [0.1, 0.15) is 11.6 Å². The summed E-state index contributed by atoms with van der Waals surface area (Å²) in [5, 5.41) is -1.18. The molecule has 0 N–H and O–H groups in total. The van der Waals surface area contributed by atoms with Gasteiger partial charge in [0.25, 0.3) is 5.91 Å². The molecule has 0 bridgehead atoms. The van der Waals surface area contributed by atoms with Crippen LogP contribution in [-0.2, 0) is 35.1 Å². The van der Waals surface area contributed by atoms with Crippen LogP contribution in [0.25, 0.3) is 0 Å². The number of ether oxygens (including phenoxy) is 2. The number of carbonyl (C=O) groups excluding carboxylic acids is 4. The minimum absolute atomic E-state index is 0.0763. The summed E-state index contributed by atoms with van der Waals surface area (Å²) >= 11 is 12.5. The second-order valence-corrected chi connectivity index (χ2v) is 8.74. The first kappa shape index (κ1) is 26.3. The Labute approximate surface area is 199 Å². The summed E-state index contributed by atoms with van der Waals surface area (Å²) in [5.74, 6) is -3.68. The number of alkyl halides is 1. The maximum atomic E-state index is 14.8. The number of hydrogen-bond acceptors (Lipinski definition) is 7. The van der Waals surface area contributed by atoms with Crippen molar-refractivity contribution in [3.8, 4) is 0 Å². The Bertz CT molecular complexity index is 930. The summed E-state index contributed by atoms with van der Waals surface area (Å²) in [6.07, 6.45) is 3.01. The fraction of sp³-hybridized carbons (Fsp3) is 0.524. The third kappa shape index (κ3) is 6.08. The molecule has 7 nitrogen and oxygen atoms in total. The number of amides is 2. The van der Waals surface area contributed by atoms with Crippen LogP contribution >= 0.6 is 34.5 Å². The molecule has 11 heteroatoms. The molecule has 0 radical (unpaired) electrons. The van der Waals surface area contributed by atoms with Crippen LogP contribution in [0, 0.1) is 5.13 Å². The van der Waals surface area contributed by atoms with Gasteiger partial charge in [-0.1, -0.05) is 24.9 Å². The molecule has 0 aromatic carbocycles. The van der Waals surface area contributed by atoms with Gasteiger partial charge in [0.2, 0.25) is 11.0 Å². The predicted molar refractivity (Wildman–Crippen MR) is 120 cm³/mol. The fourth-order valence-corrected chi connectivity index (χ4v) is 4.63. The normalized spacial score (nSPS) is 13.7. The molecule has 1 aliphatic carbocycles. The SMILES string of the molecule is CCCCOC(=O)C1=C(C(=O)N(C(=O)CCl)c2c(F)sc(CC(=O)OC)c2Cl)CCCC1. The summed E-state index contributed by atoms with van der Waals surface area (Å²) in [6, 6.07) is 0. The zero-order chi connectivity index (χ0) is 23.8. The summed E-state index contributed by atoms with van der Waals surface area (Å²) < 4.78 is 24.7. The van der Waals surface area contributed by atoms with Gasteiger partial charge in [-0.15, -0.1) is 22.9 Å². The molecular formula is C21H24Cl2FNO6S. The molecule has 0 unspecified atom stereocenters. The van der Waals surface area contributed by atoms with Gasteiger partial charge in [-0.05, 0) is 32.1 Å². The van der Waals surface area contributed by atoms with Gasteiger partial charge in [0.15, 0.2) is 0 Å². The molecule has 32 heavy (non-hydrogen) atoms. The van der Waals surface area contributed by atoms with Crippen molar-refractivity contribution in [1.29, 1.82) is 0 Å². The van der Waals surface area contributed by atoms with Crippen molar-refractivity contribution in [2.75, 3.05) is 24.5 Å². The molecule has 0 saturated carbocycles. The van der Waals surface area contributed by atoms with Crippen molar-refractivity contribution < 1.29 is 33.0 Å². The van der Waals surface area contributed by atoms with Crippen LogP contribution in [0.15, 0.2) is 11.1 Å². The summed E-state index contributed by atoms with van der Waals surface area (Å²) in [6.45, 7) is 2.17. The zero-order valence-corrected chi connectivity index (χ0v) is 20.1. The molecule has 0 aliphatic heterocycles. The Kier molecular flexibility index (Phi) is 10.1. The number of anilines is 1. The van der Waals surface area contributed by atoms with Gasteiger partial charge in [-0.25, -0.2) is 9.69 Å². The second kappa shape index (κ2) is 12.3. The summed E-state index contributed by atoms with van der Waals surface area (Å²) in [5.41, 5.74) is -0.235. The average Bonchev–Trinajstić information content (AvgIpc) is 3.06. The number of imide groups is 1. The Morgan fingerprint density at radius 2 is 1.81 bits per heavy atom. The minimum Gasteiger partial charge on any atom is -0.469 e. The highest BCUT2D eigenvalue weighted by Crippen LogP contribution is 2.41. The summed E-state index contributed by atoms with van der Waals surface area (Å²) in [7, 11) is 1.17. The predicted octanol–water partition coefficient (Wildman–Crippen LogP) is 4.57. The molecule has 1 aliphatic rings. The van der Waals surface area contributed by atoms with Crippen molar-refractivity contribution in [3.05, 3.63) is 26.2 Å². The van der Waals surface area contributed by atoms with Crippen LogP contribution in [0.3, 0.4) is 0 Å². The van der Waals surface area contributed by atoms with E-state index in [1.165, 1.54) is 7.11 Å². The van der Waals surface area contributed by atoms with Crippen LogP contribution < -0.4 is 4.90 Å². The van der Waals surface area contributed by atoms with Crippen LogP contribution in [-0.4, -0.2) is 43.3 Å². The summed E-state index contributed by atoms with van der Waals surface area (Å²) in [4.78, 5) is 50.8. The number of methoxy groups -OCH3 is 1. The molecule has 1 heterocycles. The number of halogens is 3. The quantitative estimate of drug-likeness (QED) is 0.276. The number of rotatable bonds is 9. The lowest BCUT2D eigenvalue weighted by atomic mass is 9.90. The van der Waals surface area contributed by atoms with E-state index in [-0.39, 0.29) is 40.5 Å². The Hall–Kier alpha value is -1.97. The van der Waals surface area contributed by atoms with E-state index in [0.717, 1.165) is 6.42 Å². The lowest BCUT2D eigenvalue weighted by molar-refractivity contribution is -0.140. The first-order chi connectivity index (χ1) is 15.3. The molecule has 1 aromatic rings. The molecule has 2 amide bonds. The lowest BCUT2D eigenvalue weighted by Gasteiger charge is -2.25. The third-order valence-electron chi connectivity index (χ3n) is 4.88. The van der Waals surface area contributed by atoms with E-state index in [4.69, 9.17) is 27.9 Å². The maximum absolute atomic E-state index is 14.8. The molecule has 176 valence electrons. The molecule has 1 aromatic heterocycles. The number of unbranched alkanes of at least 4 members (excludes halogenated alkanes) is 1. The van der Waals surface area contributed by atoms with Gasteiger partial charge in [0.05, 0.1) is 25.2 Å². The van der Waals surface area contributed by atoms with Gasteiger partial charge in [0, 0.05) is 16.0 Å². The molecular weight excluding hydrogens is 484 g/mol. The molecule has 0 saturated heterocycles. The van der Waals surface area contributed by atoms with E-state index in [2.05, 4.69) is 4.74 Å². The van der Waals surface area contributed by atoms with Crippen LogP contribution in [0.2, 0.25) is 5.02 Å². The van der Waals surface area contributed by atoms with Crippen molar-refractivity contribution in [2.45, 2.75) is 51.9 Å². The highest BCUT2D eigenvalue weighted by molar-refractivity contribution is 7.11. The Balaban J connectivity index is 2.49. The standard InChI is InChI=1S/C21H24Cl2FNO6S/c1-3-4-9-31-21(29)13-8-6-5-7-12(13)20(28)25(15(26)11-22)18-17(23)14(32-19(18)24)10-16(27)30-2/h3-11H2,1-2H3. The van der Waals surface area contributed by atoms with Crippen LogP contribution in [0.5, 0.6) is 0 Å². The fourth-order valence-electron chi connectivity index (χ4n) is 3.22. The third-order valence-corrected chi connectivity index (χ3v) is 6.59. The number of nitrogens with zero attached hydrogens (tertiary/aromatic N) is 1. The van der Waals surface area contributed by atoms with Crippen molar-refractivity contribution >= 4 is 64.0 Å². The van der Waals surface area contributed by atoms with Crippen molar-refractivity contribution in [3.63, 3.8) is 0 Å². The first-order valence-corrected chi connectivity index (χ1v) is 11.8. The van der Waals surface area contributed by atoms with Gasteiger partial charge in [-0.3, -0.25) is 14.4 Å². The van der Waals surface area contributed by atoms with E-state index in [9.17, 15) is 23.6 Å². The van der Waals surface area contributed by atoms with E-state index in [0.29, 0.717) is 41.9 Å². The zero-order valence-electron chi connectivity index (χ0n) is 17.8. The Morgan fingerprint density at radius 1 is 1.16 bits per heavy atom. The number of hydrogen-bond donors (Lipinski definition) is 0. The second-order valence-electron chi connectivity index (χ2n) is 7.04. The van der Waals surface area contributed by atoms with E-state index >= 15 is 0 Å². The maximum Gasteiger partial charge on any atom is 0.334 e. The first-order valence-electron chi connectivity index (χ1n) is 10.1. The van der Waals surface area contributed by atoms with Crippen LogP contribution in [0.4, 0.5) is 10.1 Å². The van der Waals surface area contributed by atoms with E-state index in [1.54, 1.807) is 0 Å². The topological polar surface area (TPSA) is 90.0 Å². The smallest absolute Gasteiger partial charge is 0.334 e. The number of carbonyl (C=O) groups is 4.